The van der Waals surface area contributed by atoms with Crippen LogP contribution in [0.3, 0.4) is 0 Å². The summed E-state index contributed by atoms with van der Waals surface area (Å²) in [6, 6.07) is 8.94. The minimum absolute atomic E-state index is 0.00508. The van der Waals surface area contributed by atoms with Crippen LogP contribution < -0.4 is 25.2 Å². The van der Waals surface area contributed by atoms with E-state index in [0.717, 1.165) is 18.9 Å². The van der Waals surface area contributed by atoms with Crippen LogP contribution in [0.1, 0.15) is 18.4 Å². The fraction of sp³-hybridized carbons (Fsp3) is 0.231. The number of nitrogens with zero attached hydrogens (tertiary/aromatic N) is 4. The number of hydrogen-bond donors (Lipinski definition) is 3. The monoisotopic (exact) mass is 504 g/mol. The maximum absolute atomic E-state index is 15.1. The van der Waals surface area contributed by atoms with E-state index in [1.807, 2.05) is 0 Å². The predicted molar refractivity (Wildman–Crippen MR) is 137 cm³/mol. The van der Waals surface area contributed by atoms with Gasteiger partial charge in [-0.15, -0.1) is 0 Å². The summed E-state index contributed by atoms with van der Waals surface area (Å²) in [7, 11) is 1.29. The first-order valence-corrected chi connectivity index (χ1v) is 11.7. The lowest BCUT2D eigenvalue weighted by Crippen LogP contribution is -2.49. The molecule has 1 fully saturated rings. The topological polar surface area (TPSA) is 120 Å². The third-order valence-corrected chi connectivity index (χ3v) is 6.16. The molecule has 11 heteroatoms. The molecule has 0 unspecified atom stereocenters. The summed E-state index contributed by atoms with van der Waals surface area (Å²) in [6.45, 7) is 3.89. The van der Waals surface area contributed by atoms with Crippen molar-refractivity contribution in [1.29, 1.82) is 0 Å². The van der Waals surface area contributed by atoms with Gasteiger partial charge in [-0.25, -0.2) is 14.2 Å². The van der Waals surface area contributed by atoms with Gasteiger partial charge in [-0.3, -0.25) is 14.6 Å². The Balaban J connectivity index is 1.50. The number of benzene rings is 2. The summed E-state index contributed by atoms with van der Waals surface area (Å²) in [4.78, 5) is 37.2. The standard InChI is InChI=1S/C26H25FN6O4/c1-3-22(35)29-18-6-4-5-7-19(18)30-25-28-12-16-14-32(20-10-17(34)11-21(37-2)23(20)27)26(36)33(24(16)31-25)13-15-8-9-15/h3-7,10-12,15,34H,1,8-9,13-14H2,2H3,(H,29,35)(H,28,30,31). The molecule has 37 heavy (non-hydrogen) atoms. The van der Waals surface area contributed by atoms with Crippen molar-refractivity contribution in [3.05, 3.63) is 66.6 Å². The van der Waals surface area contributed by atoms with Gasteiger partial charge in [-0.1, -0.05) is 18.7 Å². The molecule has 2 heterocycles. The van der Waals surface area contributed by atoms with Crippen LogP contribution in [0.4, 0.5) is 38.0 Å². The first-order valence-electron chi connectivity index (χ1n) is 11.7. The number of ether oxygens (including phenoxy) is 1. The van der Waals surface area contributed by atoms with Crippen molar-refractivity contribution in [3.63, 3.8) is 0 Å². The number of aromatic hydroxyl groups is 1. The number of urea groups is 1. The minimum atomic E-state index is -0.749. The van der Waals surface area contributed by atoms with Crippen molar-refractivity contribution in [2.45, 2.75) is 19.4 Å². The van der Waals surface area contributed by atoms with E-state index in [2.05, 4.69) is 27.2 Å². The lowest BCUT2D eigenvalue weighted by Gasteiger charge is -2.36. The normalized spacial score (nSPS) is 14.7. The quantitative estimate of drug-likeness (QED) is 0.385. The zero-order valence-corrected chi connectivity index (χ0v) is 20.1. The molecule has 5 rings (SSSR count). The summed E-state index contributed by atoms with van der Waals surface area (Å²) in [6.07, 6.45) is 4.72. The van der Waals surface area contributed by atoms with Crippen LogP contribution in [0.15, 0.2) is 55.3 Å². The SMILES string of the molecule is C=CC(=O)Nc1ccccc1Nc1ncc2c(n1)N(CC1CC1)C(=O)N(c1cc(O)cc(OC)c1F)C2. The zero-order valence-electron chi connectivity index (χ0n) is 20.1. The Hall–Kier alpha value is -4.67. The number of phenols is 1. The van der Waals surface area contributed by atoms with Crippen molar-refractivity contribution in [2.24, 2.45) is 5.92 Å². The number of amides is 3. The van der Waals surface area contributed by atoms with E-state index in [1.54, 1.807) is 30.5 Å². The molecule has 3 N–H and O–H groups in total. The lowest BCUT2D eigenvalue weighted by molar-refractivity contribution is -0.111. The first kappa shape index (κ1) is 24.0. The van der Waals surface area contributed by atoms with Crippen molar-refractivity contribution in [2.75, 3.05) is 34.1 Å². The molecule has 0 saturated heterocycles. The highest BCUT2D eigenvalue weighted by Gasteiger charge is 2.38. The molecule has 2 aliphatic rings. The van der Waals surface area contributed by atoms with Gasteiger partial charge in [-0.05, 0) is 37.0 Å². The lowest BCUT2D eigenvalue weighted by atomic mass is 10.1. The Labute approximate surface area is 212 Å². The average molecular weight is 505 g/mol. The van der Waals surface area contributed by atoms with Gasteiger partial charge < -0.3 is 20.5 Å². The molecular weight excluding hydrogens is 479 g/mol. The smallest absolute Gasteiger partial charge is 0.330 e. The van der Waals surface area contributed by atoms with E-state index in [1.165, 1.54) is 29.1 Å². The zero-order chi connectivity index (χ0) is 26.1. The number of methoxy groups -OCH3 is 1. The van der Waals surface area contributed by atoms with Crippen LogP contribution in [0, 0.1) is 11.7 Å². The summed E-state index contributed by atoms with van der Waals surface area (Å²) >= 11 is 0. The number of anilines is 5. The molecule has 0 radical (unpaired) electrons. The van der Waals surface area contributed by atoms with Gasteiger partial charge in [0.2, 0.25) is 11.9 Å². The van der Waals surface area contributed by atoms with Gasteiger partial charge in [0.05, 0.1) is 30.7 Å². The van der Waals surface area contributed by atoms with Crippen molar-refractivity contribution in [1.82, 2.24) is 9.97 Å². The molecule has 1 aliphatic carbocycles. The molecule has 10 nitrogen and oxygen atoms in total. The molecule has 1 saturated carbocycles. The number of hydrogen-bond acceptors (Lipinski definition) is 7. The minimum Gasteiger partial charge on any atom is -0.508 e. The van der Waals surface area contributed by atoms with Crippen molar-refractivity contribution < 1.29 is 23.8 Å². The van der Waals surface area contributed by atoms with Gasteiger partial charge in [0.25, 0.3) is 0 Å². The van der Waals surface area contributed by atoms with Gasteiger partial charge in [0.15, 0.2) is 11.6 Å². The largest absolute Gasteiger partial charge is 0.508 e. The van der Waals surface area contributed by atoms with Crippen LogP contribution >= 0.6 is 0 Å². The van der Waals surface area contributed by atoms with Crippen LogP contribution in [0.25, 0.3) is 0 Å². The summed E-state index contributed by atoms with van der Waals surface area (Å²) in [5.74, 6) is -0.531. The molecule has 190 valence electrons. The number of halogens is 1. The molecule has 0 spiro atoms. The fourth-order valence-electron chi connectivity index (χ4n) is 4.11. The maximum atomic E-state index is 15.1. The fourth-order valence-corrected chi connectivity index (χ4v) is 4.11. The van der Waals surface area contributed by atoms with Crippen LogP contribution in [0.5, 0.6) is 11.5 Å². The average Bonchev–Trinajstić information content (AvgIpc) is 3.72. The molecule has 0 bridgehead atoms. The van der Waals surface area contributed by atoms with E-state index < -0.39 is 11.8 Å². The van der Waals surface area contributed by atoms with Gasteiger partial charge in [-0.2, -0.15) is 4.98 Å². The Morgan fingerprint density at radius 2 is 2.05 bits per heavy atom. The van der Waals surface area contributed by atoms with Crippen LogP contribution in [-0.4, -0.2) is 40.7 Å². The molecule has 1 aliphatic heterocycles. The van der Waals surface area contributed by atoms with Crippen LogP contribution in [0.2, 0.25) is 0 Å². The second-order valence-electron chi connectivity index (χ2n) is 8.81. The van der Waals surface area contributed by atoms with E-state index in [0.29, 0.717) is 35.2 Å². The number of nitrogens with one attached hydrogen (secondary N) is 2. The summed E-state index contributed by atoms with van der Waals surface area (Å²) in [5, 5.41) is 15.9. The number of rotatable bonds is 8. The third-order valence-electron chi connectivity index (χ3n) is 6.16. The maximum Gasteiger partial charge on any atom is 0.330 e. The van der Waals surface area contributed by atoms with E-state index in [-0.39, 0.29) is 35.6 Å². The van der Waals surface area contributed by atoms with Crippen LogP contribution in [-0.2, 0) is 11.3 Å². The number of carbonyl (C=O) groups is 2. The third kappa shape index (κ3) is 4.88. The Morgan fingerprint density at radius 1 is 1.30 bits per heavy atom. The Bertz CT molecular complexity index is 1390. The number of fused-ring (bicyclic) bond motifs is 1. The first-order chi connectivity index (χ1) is 17.9. The number of carbonyl (C=O) groups excluding carboxylic acids is 2. The molecular formula is C26H25FN6O4. The van der Waals surface area contributed by atoms with Gasteiger partial charge >= 0.3 is 6.03 Å². The van der Waals surface area contributed by atoms with Crippen molar-refractivity contribution >= 4 is 40.8 Å². The second kappa shape index (κ2) is 9.76. The van der Waals surface area contributed by atoms with Gasteiger partial charge in [0.1, 0.15) is 11.6 Å². The highest BCUT2D eigenvalue weighted by atomic mass is 19.1. The molecule has 0 atom stereocenters. The van der Waals surface area contributed by atoms with E-state index >= 15 is 4.39 Å². The molecule has 2 aromatic carbocycles. The Morgan fingerprint density at radius 3 is 2.76 bits per heavy atom. The summed E-state index contributed by atoms with van der Waals surface area (Å²) < 4.78 is 20.1. The highest BCUT2D eigenvalue weighted by molar-refractivity contribution is 6.06. The molecule has 3 aromatic rings. The van der Waals surface area contributed by atoms with E-state index in [4.69, 9.17) is 4.74 Å². The molecule has 3 amide bonds. The number of para-hydroxylation sites is 2. The second-order valence-corrected chi connectivity index (χ2v) is 8.81. The van der Waals surface area contributed by atoms with E-state index in [9.17, 15) is 14.7 Å². The van der Waals surface area contributed by atoms with Crippen molar-refractivity contribution in [3.8, 4) is 11.5 Å². The number of phenolic OH excluding ortho intramolecular Hbond substituents is 1. The highest BCUT2D eigenvalue weighted by Crippen LogP contribution is 2.39. The predicted octanol–water partition coefficient (Wildman–Crippen LogP) is 4.55. The van der Waals surface area contributed by atoms with Gasteiger partial charge in [0, 0.05) is 30.4 Å². The number of aromatic nitrogens is 2. The Kier molecular flexibility index (Phi) is 6.34. The summed E-state index contributed by atoms with van der Waals surface area (Å²) in [5.41, 5.74) is 1.59. The molecule has 1 aromatic heterocycles.